The number of amides is 1. The van der Waals surface area contributed by atoms with E-state index >= 15 is 9.59 Å². The second-order valence-corrected chi connectivity index (χ2v) is 27.4. The Morgan fingerprint density at radius 3 is 2.46 bits per heavy atom. The van der Waals surface area contributed by atoms with Crippen LogP contribution in [0, 0.1) is 86.3 Å². The molecule has 5 saturated carbocycles. The molecular weight excluding hydrogens is 943 g/mol. The highest BCUT2D eigenvalue weighted by Crippen LogP contribution is 2.85. The number of anilines is 1. The number of hydrogen-bond donors (Lipinski definition) is 9. The Balaban J connectivity index is 1.13. The van der Waals surface area contributed by atoms with Gasteiger partial charge >= 0.3 is 0 Å². The van der Waals surface area contributed by atoms with Crippen molar-refractivity contribution >= 4 is 39.0 Å². The molecule has 6 heterocycles. The van der Waals surface area contributed by atoms with E-state index in [1.165, 1.54) is 10.8 Å². The maximum atomic E-state index is 16.3. The number of aromatic hydroxyl groups is 1. The van der Waals surface area contributed by atoms with E-state index in [1.54, 1.807) is 23.1 Å². The standard InChI is InChI=1S/C56H73NO12S2/c1-29(2)30(3)43-46(69-43)53(66)16-7-9-32-26-50-17-14-39-49(50,4)56-37(45(63)54(39,67)28-59)11-6-12-38(61)44(70-71-48(56)65)36-10-5-8-33(27-58)51(36)20-21-57(47(51)64)34-22-31(23-35(60)24-34)13-18-52(32)40(53)15-19-55(52,68)41(50)25-42(56)62/h7,9,22-25,29-30,32-33,36-40,43-46,48,58-61,63,65-68H,5,8,10,12-21,26-28H2,1-4H3. The quantitative estimate of drug-likeness (QED) is 0.0835. The van der Waals surface area contributed by atoms with E-state index in [9.17, 15) is 46.0 Å². The van der Waals surface area contributed by atoms with Crippen LogP contribution < -0.4 is 4.90 Å². The number of rotatable bonds is 5. The number of epoxide rings is 1. The van der Waals surface area contributed by atoms with E-state index in [0.717, 1.165) is 16.4 Å². The van der Waals surface area contributed by atoms with Crippen LogP contribution in [0.3, 0.4) is 0 Å². The average molecular weight is 1020 g/mol. The summed E-state index contributed by atoms with van der Waals surface area (Å²) < 4.78 is 6.54. The van der Waals surface area contributed by atoms with E-state index in [0.29, 0.717) is 81.5 Å². The molecule has 6 aliphatic heterocycles. The fourth-order valence-corrected chi connectivity index (χ4v) is 22.9. The molecule has 0 aromatic heterocycles. The van der Waals surface area contributed by atoms with Crippen LogP contribution >= 0.6 is 21.6 Å². The Labute approximate surface area is 424 Å². The van der Waals surface area contributed by atoms with Crippen LogP contribution in [0.15, 0.2) is 42.0 Å². The highest BCUT2D eigenvalue weighted by Gasteiger charge is 2.87. The zero-order valence-electron chi connectivity index (χ0n) is 41.4. The number of ether oxygens (including phenoxy) is 1. The minimum atomic E-state index is -2.17. The van der Waals surface area contributed by atoms with Crippen LogP contribution in [0.5, 0.6) is 5.75 Å². The Bertz CT molecular complexity index is 2550. The maximum Gasteiger partial charge on any atom is 0.233 e. The van der Waals surface area contributed by atoms with Gasteiger partial charge in [-0.05, 0) is 135 Å². The van der Waals surface area contributed by atoms with Crippen LogP contribution in [-0.2, 0) is 20.7 Å². The van der Waals surface area contributed by atoms with Crippen LogP contribution in [0.25, 0.3) is 0 Å². The molecule has 7 aliphatic carbocycles. The summed E-state index contributed by atoms with van der Waals surface area (Å²) in [5, 5.41) is 113. The molecule has 13 aliphatic rings. The van der Waals surface area contributed by atoms with Crippen LogP contribution in [0.2, 0.25) is 0 Å². The molecule has 1 aromatic carbocycles. The molecular formula is C56H73NO12S2. The number of hydrogen-bond acceptors (Lipinski definition) is 14. The Morgan fingerprint density at radius 1 is 0.944 bits per heavy atom. The molecule has 1 amide bonds. The first-order valence-electron chi connectivity index (χ1n) is 26.7. The van der Waals surface area contributed by atoms with Crippen LogP contribution in [0.1, 0.15) is 110 Å². The molecule has 9 N–H and O–H groups in total. The summed E-state index contributed by atoms with van der Waals surface area (Å²) in [6.45, 7) is 7.60. The van der Waals surface area contributed by atoms with Gasteiger partial charge < -0.3 is 55.6 Å². The summed E-state index contributed by atoms with van der Waals surface area (Å²) in [4.78, 5) is 33.6. The van der Waals surface area contributed by atoms with Crippen molar-refractivity contribution in [3.8, 4) is 17.6 Å². The zero-order valence-corrected chi connectivity index (χ0v) is 43.0. The second-order valence-electron chi connectivity index (χ2n) is 24.9. The van der Waals surface area contributed by atoms with Gasteiger partial charge in [-0.1, -0.05) is 73.8 Å². The van der Waals surface area contributed by atoms with Crippen molar-refractivity contribution in [3.63, 3.8) is 0 Å². The van der Waals surface area contributed by atoms with Crippen LogP contribution in [0.4, 0.5) is 5.69 Å². The first kappa shape index (κ1) is 49.4. The fourth-order valence-electron chi connectivity index (χ4n) is 19.3. The van der Waals surface area contributed by atoms with Crippen molar-refractivity contribution in [1.82, 2.24) is 0 Å². The minimum absolute atomic E-state index is 0.0259. The summed E-state index contributed by atoms with van der Waals surface area (Å²) in [5.74, 6) is 1.81. The van der Waals surface area contributed by atoms with E-state index < -0.39 is 121 Å². The summed E-state index contributed by atoms with van der Waals surface area (Å²) in [6.07, 6.45) is 6.82. The Morgan fingerprint density at radius 2 is 1.72 bits per heavy atom. The minimum Gasteiger partial charge on any atom is -0.508 e. The van der Waals surface area contributed by atoms with Crippen molar-refractivity contribution in [2.24, 2.45) is 74.4 Å². The number of aliphatic hydroxyl groups is 8. The highest BCUT2D eigenvalue weighted by molar-refractivity contribution is 8.77. The molecule has 1 aromatic rings. The number of aryl methyl sites for hydroxylation is 1. The van der Waals surface area contributed by atoms with Gasteiger partial charge in [0.2, 0.25) is 5.91 Å². The Hall–Kier alpha value is -2.46. The maximum absolute atomic E-state index is 16.3. The predicted molar refractivity (Wildman–Crippen MR) is 267 cm³/mol. The summed E-state index contributed by atoms with van der Waals surface area (Å²) >= 11 is 0. The number of fused-ring (bicyclic) bond motifs is 1. The van der Waals surface area contributed by atoms with E-state index in [2.05, 4.69) is 38.7 Å². The van der Waals surface area contributed by atoms with E-state index in [4.69, 9.17) is 4.74 Å². The van der Waals surface area contributed by atoms with Crippen LogP contribution in [-0.4, -0.2) is 129 Å². The number of phenolic OH excluding ortho intramolecular Hbond substituents is 1. The second kappa shape index (κ2) is 16.3. The van der Waals surface area contributed by atoms with Crippen molar-refractivity contribution < 1.29 is 60.3 Å². The molecule has 2 saturated heterocycles. The van der Waals surface area contributed by atoms with Crippen molar-refractivity contribution in [2.45, 2.75) is 163 Å². The molecule has 21 unspecified atom stereocenters. The molecule has 9 bridgehead atoms. The number of aliphatic hydroxyl groups excluding tert-OH is 5. The van der Waals surface area contributed by atoms with Crippen molar-refractivity contribution in [1.29, 1.82) is 0 Å². The third kappa shape index (κ3) is 5.86. The van der Waals surface area contributed by atoms with Gasteiger partial charge in [0.25, 0.3) is 0 Å². The van der Waals surface area contributed by atoms with E-state index in [-0.39, 0.29) is 56.0 Å². The number of allylic oxidation sites excluding steroid dienone is 2. The monoisotopic (exact) mass is 1020 g/mol. The zero-order chi connectivity index (χ0) is 50.2. The first-order chi connectivity index (χ1) is 33.7. The molecule has 21 atom stereocenters. The molecule has 15 heteroatoms. The van der Waals surface area contributed by atoms with Gasteiger partial charge in [0.1, 0.15) is 34.6 Å². The molecule has 386 valence electrons. The van der Waals surface area contributed by atoms with Gasteiger partial charge in [-0.15, -0.1) is 5.92 Å². The number of phenols is 1. The summed E-state index contributed by atoms with van der Waals surface area (Å²) in [6, 6.07) is 5.25. The van der Waals surface area contributed by atoms with Crippen molar-refractivity contribution in [2.75, 3.05) is 24.7 Å². The first-order valence-corrected chi connectivity index (χ1v) is 29.0. The Kier molecular flexibility index (Phi) is 11.3. The highest BCUT2D eigenvalue weighted by atomic mass is 33.1. The van der Waals surface area contributed by atoms with Crippen molar-refractivity contribution in [3.05, 3.63) is 47.6 Å². The van der Waals surface area contributed by atoms with Gasteiger partial charge in [-0.25, -0.2) is 0 Å². The van der Waals surface area contributed by atoms with Gasteiger partial charge in [-0.3, -0.25) is 9.59 Å². The van der Waals surface area contributed by atoms with Gasteiger partial charge in [0.15, 0.2) is 5.78 Å². The lowest BCUT2D eigenvalue weighted by atomic mass is 9.31. The number of benzene rings is 1. The number of ketones is 1. The predicted octanol–water partition coefficient (Wildman–Crippen LogP) is 4.82. The third-order valence-corrected chi connectivity index (χ3v) is 25.9. The normalized spacial score (nSPS) is 51.7. The third-order valence-electron chi connectivity index (χ3n) is 22.8. The smallest absolute Gasteiger partial charge is 0.233 e. The number of nitrogens with zero attached hydrogens (tertiary/aromatic N) is 1. The lowest BCUT2D eigenvalue weighted by Crippen LogP contribution is -2.79. The summed E-state index contributed by atoms with van der Waals surface area (Å²) in [7, 11) is 2.26. The lowest BCUT2D eigenvalue weighted by Gasteiger charge is -2.73. The van der Waals surface area contributed by atoms with Gasteiger partial charge in [0.05, 0.1) is 41.2 Å². The van der Waals surface area contributed by atoms with Gasteiger partial charge in [-0.2, -0.15) is 0 Å². The lowest BCUT2D eigenvalue weighted by molar-refractivity contribution is -0.283. The average Bonchev–Trinajstić information content (AvgIpc) is 3.92. The number of carbonyl (C=O) groups excluding carboxylic acids is 2. The molecule has 7 fully saturated rings. The molecule has 71 heavy (non-hydrogen) atoms. The molecule has 4 spiro atoms. The van der Waals surface area contributed by atoms with Gasteiger partial charge in [0, 0.05) is 58.7 Å². The molecule has 13 nitrogen and oxygen atoms in total. The SMILES string of the molecule is CC(C)C(C)C1OC1C1(O)CC=CC2CC34CCC5C(O)(CO)C(O)C6C#CCC(O)C7SSC(O)C6(C(=O)C=C3C3(O)CCC1C23CCc1cc(O)cc(c1)N1CCC2(C1=O)C(CO)CCCC72)C54C. The molecule has 0 radical (unpaired) electrons. The molecule has 14 rings (SSSR count). The fraction of sp³-hybridized carbons (Fsp3) is 0.750. The topological polar surface area (TPSA) is 232 Å². The largest absolute Gasteiger partial charge is 0.508 e. The summed E-state index contributed by atoms with van der Waals surface area (Å²) in [5.41, 5.74) is -11.8. The van der Waals surface area contributed by atoms with E-state index in [1.807, 2.05) is 19.1 Å². The number of carbonyl (C=O) groups is 2.